The second-order valence-corrected chi connectivity index (χ2v) is 8.28. The molecule has 0 saturated heterocycles. The third-order valence-corrected chi connectivity index (χ3v) is 5.49. The van der Waals surface area contributed by atoms with Gasteiger partial charge in [-0.25, -0.2) is 9.97 Å². The number of aromatic nitrogens is 3. The van der Waals surface area contributed by atoms with E-state index in [1.807, 2.05) is 44.2 Å². The summed E-state index contributed by atoms with van der Waals surface area (Å²) in [5.41, 5.74) is 4.45. The van der Waals surface area contributed by atoms with E-state index in [9.17, 15) is 14.7 Å². The fourth-order valence-electron chi connectivity index (χ4n) is 3.63. The van der Waals surface area contributed by atoms with Crippen LogP contribution in [0.25, 0.3) is 0 Å². The van der Waals surface area contributed by atoms with Gasteiger partial charge in [-0.2, -0.15) is 0 Å². The standard InChI is InChI=1S/C27H26N6O3/c1-17-14-18(2)31-27(30-17)32-21-6-9-24(34)23(15-21)25(35)29-16-19-4-7-22(8-5-19)33(3)26(36)20-10-12-28-13-11-20/h4-15,34H,16H2,1-3H3,(H,29,35)(H,30,31,32). The molecule has 0 fully saturated rings. The Bertz CT molecular complexity index is 1370. The molecule has 9 nitrogen and oxygen atoms in total. The van der Waals surface area contributed by atoms with Crippen molar-refractivity contribution in [2.75, 3.05) is 17.3 Å². The summed E-state index contributed by atoms with van der Waals surface area (Å²) in [5, 5.41) is 16.1. The van der Waals surface area contributed by atoms with Gasteiger partial charge in [0, 0.05) is 54.3 Å². The first-order valence-corrected chi connectivity index (χ1v) is 11.3. The van der Waals surface area contributed by atoms with Crippen LogP contribution in [-0.4, -0.2) is 38.9 Å². The quantitative estimate of drug-likeness (QED) is 0.339. The highest BCUT2D eigenvalue weighted by molar-refractivity contribution is 6.05. The van der Waals surface area contributed by atoms with Crippen molar-refractivity contribution >= 4 is 29.1 Å². The zero-order chi connectivity index (χ0) is 25.7. The molecule has 0 aliphatic rings. The number of phenolic OH excluding ortho intramolecular Hbond substituents is 1. The molecular formula is C27H26N6O3. The number of carbonyl (C=O) groups is 2. The Hall–Kier alpha value is -4.79. The Balaban J connectivity index is 1.40. The Kier molecular flexibility index (Phi) is 7.20. The molecule has 0 spiro atoms. The van der Waals surface area contributed by atoms with Crippen LogP contribution in [-0.2, 0) is 6.54 Å². The van der Waals surface area contributed by atoms with E-state index in [0.717, 1.165) is 22.6 Å². The molecule has 0 radical (unpaired) electrons. The number of phenols is 1. The second-order valence-electron chi connectivity index (χ2n) is 8.28. The van der Waals surface area contributed by atoms with E-state index >= 15 is 0 Å². The number of nitrogens with one attached hydrogen (secondary N) is 2. The maximum absolute atomic E-state index is 12.8. The monoisotopic (exact) mass is 482 g/mol. The molecule has 0 unspecified atom stereocenters. The lowest BCUT2D eigenvalue weighted by Crippen LogP contribution is -2.26. The number of amides is 2. The van der Waals surface area contributed by atoms with Crippen LogP contribution in [0.4, 0.5) is 17.3 Å². The van der Waals surface area contributed by atoms with Gasteiger partial charge >= 0.3 is 0 Å². The van der Waals surface area contributed by atoms with Crippen LogP contribution in [0.3, 0.4) is 0 Å². The number of pyridine rings is 1. The van der Waals surface area contributed by atoms with Crippen molar-refractivity contribution in [3.05, 3.63) is 101 Å². The number of rotatable bonds is 7. The largest absolute Gasteiger partial charge is 0.507 e. The highest BCUT2D eigenvalue weighted by atomic mass is 16.3. The fraction of sp³-hybridized carbons (Fsp3) is 0.148. The fourth-order valence-corrected chi connectivity index (χ4v) is 3.63. The summed E-state index contributed by atoms with van der Waals surface area (Å²) in [6.45, 7) is 4.00. The minimum Gasteiger partial charge on any atom is -0.507 e. The van der Waals surface area contributed by atoms with Crippen LogP contribution in [0, 0.1) is 13.8 Å². The summed E-state index contributed by atoms with van der Waals surface area (Å²) in [4.78, 5) is 39.6. The van der Waals surface area contributed by atoms with E-state index < -0.39 is 5.91 Å². The molecule has 4 aromatic rings. The molecule has 4 rings (SSSR count). The van der Waals surface area contributed by atoms with Gasteiger partial charge in [0.2, 0.25) is 5.95 Å². The molecule has 182 valence electrons. The predicted octanol–water partition coefficient (Wildman–Crippen LogP) is 4.14. The van der Waals surface area contributed by atoms with Crippen LogP contribution >= 0.6 is 0 Å². The summed E-state index contributed by atoms with van der Waals surface area (Å²) >= 11 is 0. The Morgan fingerprint density at radius 3 is 2.25 bits per heavy atom. The summed E-state index contributed by atoms with van der Waals surface area (Å²) in [5.74, 6) is -0.289. The van der Waals surface area contributed by atoms with E-state index in [-0.39, 0.29) is 23.8 Å². The van der Waals surface area contributed by atoms with Crippen molar-refractivity contribution in [3.8, 4) is 5.75 Å². The van der Waals surface area contributed by atoms with Crippen LogP contribution in [0.5, 0.6) is 5.75 Å². The first-order valence-electron chi connectivity index (χ1n) is 11.3. The molecule has 9 heteroatoms. The summed E-state index contributed by atoms with van der Waals surface area (Å²) in [7, 11) is 1.70. The molecule has 2 aromatic heterocycles. The number of hydrogen-bond donors (Lipinski definition) is 3. The third kappa shape index (κ3) is 5.82. The van der Waals surface area contributed by atoms with Crippen LogP contribution < -0.4 is 15.5 Å². The molecule has 0 saturated carbocycles. The number of anilines is 3. The number of hydrogen-bond acceptors (Lipinski definition) is 7. The van der Waals surface area contributed by atoms with Gasteiger partial charge in [-0.15, -0.1) is 0 Å². The highest BCUT2D eigenvalue weighted by Crippen LogP contribution is 2.24. The van der Waals surface area contributed by atoms with Gasteiger partial charge in [0.05, 0.1) is 5.56 Å². The summed E-state index contributed by atoms with van der Waals surface area (Å²) < 4.78 is 0. The Labute approximate surface area is 208 Å². The average molecular weight is 483 g/mol. The summed E-state index contributed by atoms with van der Waals surface area (Å²) in [6.07, 6.45) is 3.15. The first-order chi connectivity index (χ1) is 17.3. The zero-order valence-corrected chi connectivity index (χ0v) is 20.2. The van der Waals surface area contributed by atoms with Crippen LogP contribution in [0.1, 0.15) is 37.7 Å². The Morgan fingerprint density at radius 1 is 0.917 bits per heavy atom. The molecule has 0 bridgehead atoms. The predicted molar refractivity (Wildman–Crippen MR) is 137 cm³/mol. The van der Waals surface area contributed by atoms with Crippen molar-refractivity contribution in [1.82, 2.24) is 20.3 Å². The number of aromatic hydroxyl groups is 1. The molecule has 0 aliphatic heterocycles. The topological polar surface area (TPSA) is 120 Å². The van der Waals surface area contributed by atoms with Gasteiger partial charge < -0.3 is 20.6 Å². The van der Waals surface area contributed by atoms with Gasteiger partial charge in [0.1, 0.15) is 5.75 Å². The van der Waals surface area contributed by atoms with Gasteiger partial charge in [-0.05, 0) is 67.9 Å². The number of aryl methyl sites for hydroxylation is 2. The second kappa shape index (κ2) is 10.6. The van der Waals surface area contributed by atoms with Crippen molar-refractivity contribution in [2.24, 2.45) is 0 Å². The minimum atomic E-state index is -0.424. The third-order valence-electron chi connectivity index (χ3n) is 5.49. The zero-order valence-electron chi connectivity index (χ0n) is 20.2. The lowest BCUT2D eigenvalue weighted by atomic mass is 10.1. The van der Waals surface area contributed by atoms with Crippen LogP contribution in [0.15, 0.2) is 73.1 Å². The smallest absolute Gasteiger partial charge is 0.258 e. The highest BCUT2D eigenvalue weighted by Gasteiger charge is 2.15. The van der Waals surface area contributed by atoms with Crippen molar-refractivity contribution in [1.29, 1.82) is 0 Å². The number of carbonyl (C=O) groups excluding carboxylic acids is 2. The van der Waals surface area contributed by atoms with E-state index in [1.165, 1.54) is 6.07 Å². The maximum atomic E-state index is 12.8. The van der Waals surface area contributed by atoms with Gasteiger partial charge in [0.15, 0.2) is 0 Å². The molecule has 3 N–H and O–H groups in total. The minimum absolute atomic E-state index is 0.128. The molecular weight excluding hydrogens is 456 g/mol. The normalized spacial score (nSPS) is 10.5. The van der Waals surface area contributed by atoms with Crippen molar-refractivity contribution < 1.29 is 14.7 Å². The molecule has 2 aromatic carbocycles. The first kappa shape index (κ1) is 24.3. The van der Waals surface area contributed by atoms with Crippen molar-refractivity contribution in [3.63, 3.8) is 0 Å². The molecule has 36 heavy (non-hydrogen) atoms. The van der Waals surface area contributed by atoms with E-state index in [4.69, 9.17) is 0 Å². The molecule has 0 atom stereocenters. The van der Waals surface area contributed by atoms with Gasteiger partial charge in [-0.3, -0.25) is 14.6 Å². The number of nitrogens with zero attached hydrogens (tertiary/aromatic N) is 4. The van der Waals surface area contributed by atoms with Crippen molar-refractivity contribution in [2.45, 2.75) is 20.4 Å². The van der Waals surface area contributed by atoms with E-state index in [2.05, 4.69) is 25.6 Å². The molecule has 2 amide bonds. The van der Waals surface area contributed by atoms with Crippen LogP contribution in [0.2, 0.25) is 0 Å². The number of benzene rings is 2. The van der Waals surface area contributed by atoms with E-state index in [1.54, 1.807) is 48.6 Å². The van der Waals surface area contributed by atoms with Gasteiger partial charge in [-0.1, -0.05) is 12.1 Å². The lowest BCUT2D eigenvalue weighted by Gasteiger charge is -2.18. The molecule has 2 heterocycles. The summed E-state index contributed by atoms with van der Waals surface area (Å²) in [6, 6.07) is 17.1. The van der Waals surface area contributed by atoms with Gasteiger partial charge in [0.25, 0.3) is 11.8 Å². The Morgan fingerprint density at radius 2 is 1.58 bits per heavy atom. The SMILES string of the molecule is Cc1cc(C)nc(Nc2ccc(O)c(C(=O)NCc3ccc(N(C)C(=O)c4ccncc4)cc3)c2)n1. The van der Waals surface area contributed by atoms with E-state index in [0.29, 0.717) is 17.2 Å². The average Bonchev–Trinajstić information content (AvgIpc) is 2.88. The molecule has 0 aliphatic carbocycles. The lowest BCUT2D eigenvalue weighted by molar-refractivity contribution is 0.0947. The maximum Gasteiger partial charge on any atom is 0.258 e.